The van der Waals surface area contributed by atoms with Crippen molar-refractivity contribution in [3.8, 4) is 11.1 Å². The van der Waals surface area contributed by atoms with Crippen molar-refractivity contribution in [3.63, 3.8) is 0 Å². The number of aromatic nitrogens is 2. The molecule has 0 unspecified atom stereocenters. The van der Waals surface area contributed by atoms with E-state index in [1.165, 1.54) is 18.9 Å². The molecule has 2 aromatic rings. The molecule has 1 saturated carbocycles. The number of anilines is 1. The number of hydrogen-bond donors (Lipinski definition) is 1. The Morgan fingerprint density at radius 3 is 2.57 bits per heavy atom. The lowest BCUT2D eigenvalue weighted by atomic mass is 9.77. The highest BCUT2D eigenvalue weighted by Gasteiger charge is 2.39. The number of benzene rings is 1. The van der Waals surface area contributed by atoms with Crippen LogP contribution in [0.2, 0.25) is 0 Å². The molecule has 4 heteroatoms. The topological polar surface area (TPSA) is 43.8 Å². The molecule has 112 valence electrons. The summed E-state index contributed by atoms with van der Waals surface area (Å²) in [6.45, 7) is 2.20. The summed E-state index contributed by atoms with van der Waals surface area (Å²) in [6.07, 6.45) is 5.66. The first-order chi connectivity index (χ1) is 10.1. The van der Waals surface area contributed by atoms with Gasteiger partial charge in [0.2, 0.25) is 0 Å². The first-order valence-corrected chi connectivity index (χ1v) is 7.67. The molecule has 1 fully saturated rings. The SMILES string of the molecule is CCC1(c2nn(C)c(N)c2-c2ccccc2F)CCCC1. The second-order valence-corrected chi connectivity index (χ2v) is 6.05. The van der Waals surface area contributed by atoms with E-state index in [-0.39, 0.29) is 11.2 Å². The third kappa shape index (κ3) is 2.13. The molecule has 0 atom stereocenters. The van der Waals surface area contributed by atoms with Gasteiger partial charge in [-0.1, -0.05) is 38.0 Å². The zero-order chi connectivity index (χ0) is 15.0. The van der Waals surface area contributed by atoms with E-state index in [1.807, 2.05) is 13.1 Å². The predicted molar refractivity (Wildman–Crippen MR) is 83.5 cm³/mol. The van der Waals surface area contributed by atoms with Crippen LogP contribution in [0, 0.1) is 5.82 Å². The molecule has 2 N–H and O–H groups in total. The fourth-order valence-corrected chi connectivity index (χ4v) is 3.65. The molecule has 1 aromatic carbocycles. The van der Waals surface area contributed by atoms with Crippen molar-refractivity contribution in [2.45, 2.75) is 44.4 Å². The van der Waals surface area contributed by atoms with Gasteiger partial charge >= 0.3 is 0 Å². The molecule has 1 heterocycles. The predicted octanol–water partition coefficient (Wildman–Crippen LogP) is 4.03. The first-order valence-electron chi connectivity index (χ1n) is 7.67. The smallest absolute Gasteiger partial charge is 0.131 e. The van der Waals surface area contributed by atoms with E-state index in [2.05, 4.69) is 12.0 Å². The minimum absolute atomic E-state index is 0.0486. The number of nitrogens with zero attached hydrogens (tertiary/aromatic N) is 2. The van der Waals surface area contributed by atoms with Crippen LogP contribution in [0.4, 0.5) is 10.2 Å². The Morgan fingerprint density at radius 1 is 1.29 bits per heavy atom. The second-order valence-electron chi connectivity index (χ2n) is 6.05. The van der Waals surface area contributed by atoms with Crippen LogP contribution in [0.15, 0.2) is 24.3 Å². The number of nitrogen functional groups attached to an aromatic ring is 1. The molecule has 3 nitrogen and oxygen atoms in total. The third-order valence-electron chi connectivity index (χ3n) is 4.97. The molecule has 0 spiro atoms. The Kier molecular flexibility index (Phi) is 3.47. The minimum atomic E-state index is -0.234. The first kappa shape index (κ1) is 14.1. The molecule has 21 heavy (non-hydrogen) atoms. The van der Waals surface area contributed by atoms with E-state index in [9.17, 15) is 4.39 Å². The summed E-state index contributed by atoms with van der Waals surface area (Å²) >= 11 is 0. The second kappa shape index (κ2) is 5.17. The van der Waals surface area contributed by atoms with Crippen LogP contribution in [0.1, 0.15) is 44.7 Å². The van der Waals surface area contributed by atoms with Gasteiger partial charge in [0, 0.05) is 18.0 Å². The fraction of sp³-hybridized carbons (Fsp3) is 0.471. The maximum atomic E-state index is 14.3. The van der Waals surface area contributed by atoms with Crippen LogP contribution in [0.5, 0.6) is 0 Å². The highest BCUT2D eigenvalue weighted by Crippen LogP contribution is 2.48. The van der Waals surface area contributed by atoms with Gasteiger partial charge in [-0.3, -0.25) is 4.68 Å². The van der Waals surface area contributed by atoms with Crippen LogP contribution in [-0.4, -0.2) is 9.78 Å². The Hall–Kier alpha value is -1.84. The summed E-state index contributed by atoms with van der Waals surface area (Å²) in [4.78, 5) is 0. The average molecular weight is 287 g/mol. The van der Waals surface area contributed by atoms with Crippen LogP contribution in [0.3, 0.4) is 0 Å². The molecule has 1 aromatic heterocycles. The molecule has 0 bridgehead atoms. The number of halogens is 1. The maximum Gasteiger partial charge on any atom is 0.131 e. The summed E-state index contributed by atoms with van der Waals surface area (Å²) < 4.78 is 16.0. The number of rotatable bonds is 3. The molecule has 0 aliphatic heterocycles. The van der Waals surface area contributed by atoms with Crippen LogP contribution >= 0.6 is 0 Å². The maximum absolute atomic E-state index is 14.3. The zero-order valence-electron chi connectivity index (χ0n) is 12.7. The lowest BCUT2D eigenvalue weighted by Crippen LogP contribution is -2.22. The molecule has 0 amide bonds. The molecule has 1 aliphatic rings. The van der Waals surface area contributed by atoms with Gasteiger partial charge in [0.25, 0.3) is 0 Å². The monoisotopic (exact) mass is 287 g/mol. The van der Waals surface area contributed by atoms with E-state index in [0.717, 1.165) is 30.5 Å². The molecular weight excluding hydrogens is 265 g/mol. The van der Waals surface area contributed by atoms with Crippen molar-refractivity contribution in [3.05, 3.63) is 35.8 Å². The van der Waals surface area contributed by atoms with E-state index in [0.29, 0.717) is 11.4 Å². The summed E-state index contributed by atoms with van der Waals surface area (Å²) in [5.74, 6) is 0.317. The zero-order valence-corrected chi connectivity index (χ0v) is 12.7. The van der Waals surface area contributed by atoms with Crippen LogP contribution < -0.4 is 5.73 Å². The van der Waals surface area contributed by atoms with E-state index in [4.69, 9.17) is 5.73 Å². The van der Waals surface area contributed by atoms with Crippen molar-refractivity contribution in [1.29, 1.82) is 0 Å². The third-order valence-corrected chi connectivity index (χ3v) is 4.97. The molecule has 1 aliphatic carbocycles. The van der Waals surface area contributed by atoms with Crippen molar-refractivity contribution in [2.75, 3.05) is 5.73 Å². The Balaban J connectivity index is 2.24. The van der Waals surface area contributed by atoms with Gasteiger partial charge in [0.05, 0.1) is 11.3 Å². The molecule has 0 saturated heterocycles. The Morgan fingerprint density at radius 2 is 1.95 bits per heavy atom. The molecule has 3 rings (SSSR count). The minimum Gasteiger partial charge on any atom is -0.383 e. The Bertz CT molecular complexity index is 654. The average Bonchev–Trinajstić information content (AvgIpc) is 3.07. The number of aryl methyl sites for hydroxylation is 1. The number of hydrogen-bond acceptors (Lipinski definition) is 2. The lowest BCUT2D eigenvalue weighted by molar-refractivity contribution is 0.408. The van der Waals surface area contributed by atoms with Gasteiger partial charge in [0.1, 0.15) is 11.6 Å². The summed E-state index contributed by atoms with van der Waals surface area (Å²) in [6, 6.07) is 6.83. The van der Waals surface area contributed by atoms with E-state index >= 15 is 0 Å². The normalized spacial score (nSPS) is 17.3. The summed E-state index contributed by atoms with van der Waals surface area (Å²) in [7, 11) is 1.83. The van der Waals surface area contributed by atoms with Crippen molar-refractivity contribution in [1.82, 2.24) is 9.78 Å². The van der Waals surface area contributed by atoms with Gasteiger partial charge < -0.3 is 5.73 Å². The van der Waals surface area contributed by atoms with Gasteiger partial charge in [0.15, 0.2) is 0 Å². The van der Waals surface area contributed by atoms with E-state index in [1.54, 1.807) is 16.8 Å². The van der Waals surface area contributed by atoms with Crippen molar-refractivity contribution < 1.29 is 4.39 Å². The van der Waals surface area contributed by atoms with Gasteiger partial charge in [-0.25, -0.2) is 4.39 Å². The number of nitrogens with two attached hydrogens (primary N) is 1. The lowest BCUT2D eigenvalue weighted by Gasteiger charge is -2.26. The standard InChI is InChI=1S/C17H22FN3/c1-3-17(10-6-7-11-17)15-14(16(19)21(2)20-15)12-8-4-5-9-13(12)18/h4-5,8-9H,3,6-7,10-11,19H2,1-2H3. The highest BCUT2D eigenvalue weighted by molar-refractivity contribution is 5.78. The largest absolute Gasteiger partial charge is 0.383 e. The van der Waals surface area contributed by atoms with Gasteiger partial charge in [-0.2, -0.15) is 5.10 Å². The van der Waals surface area contributed by atoms with Crippen LogP contribution in [-0.2, 0) is 12.5 Å². The van der Waals surface area contributed by atoms with Crippen molar-refractivity contribution >= 4 is 5.82 Å². The molecule has 0 radical (unpaired) electrons. The quantitative estimate of drug-likeness (QED) is 0.926. The highest BCUT2D eigenvalue weighted by atomic mass is 19.1. The van der Waals surface area contributed by atoms with Crippen molar-refractivity contribution in [2.24, 2.45) is 7.05 Å². The summed E-state index contributed by atoms with van der Waals surface area (Å²) in [5, 5.41) is 4.68. The summed E-state index contributed by atoms with van der Waals surface area (Å²) in [5.41, 5.74) is 8.61. The fourth-order valence-electron chi connectivity index (χ4n) is 3.65. The molecular formula is C17H22FN3. The van der Waals surface area contributed by atoms with E-state index < -0.39 is 0 Å². The van der Waals surface area contributed by atoms with Gasteiger partial charge in [-0.15, -0.1) is 0 Å². The van der Waals surface area contributed by atoms with Crippen LogP contribution in [0.25, 0.3) is 11.1 Å². The Labute approximate surface area is 125 Å². The van der Waals surface area contributed by atoms with Gasteiger partial charge in [-0.05, 0) is 25.3 Å².